The van der Waals surface area contributed by atoms with Crippen LogP contribution < -0.4 is 10.1 Å². The number of ether oxygens (including phenoxy) is 1. The van der Waals surface area contributed by atoms with Gasteiger partial charge in [-0.1, -0.05) is 38.0 Å². The number of benzene rings is 1. The Morgan fingerprint density at radius 1 is 1.16 bits per heavy atom. The molecule has 3 atom stereocenters. The lowest BCUT2D eigenvalue weighted by Crippen LogP contribution is -2.37. The highest BCUT2D eigenvalue weighted by molar-refractivity contribution is 5.37. The molecule has 2 nitrogen and oxygen atoms in total. The standard InChI is InChI=1S/C17H25NO/c1-13-5-4-7-15(10-9-13)18-12-16-11-14-6-2-3-8-17(14)19-16/h2-3,6,8,13,15-16,18H,4-5,7,9-12H2,1H3. The fourth-order valence-electron chi connectivity index (χ4n) is 3.36. The van der Waals surface area contributed by atoms with Crippen LogP contribution in [0, 0.1) is 5.92 Å². The van der Waals surface area contributed by atoms with Crippen molar-refractivity contribution in [3.8, 4) is 5.75 Å². The molecule has 2 heteroatoms. The molecule has 1 aliphatic carbocycles. The summed E-state index contributed by atoms with van der Waals surface area (Å²) in [5, 5.41) is 3.73. The number of hydrogen-bond donors (Lipinski definition) is 1. The van der Waals surface area contributed by atoms with Crippen LogP contribution in [0.25, 0.3) is 0 Å². The summed E-state index contributed by atoms with van der Waals surface area (Å²) in [5.41, 5.74) is 1.36. The Morgan fingerprint density at radius 3 is 2.95 bits per heavy atom. The van der Waals surface area contributed by atoms with Gasteiger partial charge in [0, 0.05) is 19.0 Å². The van der Waals surface area contributed by atoms with Crippen LogP contribution in [-0.2, 0) is 6.42 Å². The van der Waals surface area contributed by atoms with Crippen molar-refractivity contribution in [3.05, 3.63) is 29.8 Å². The minimum absolute atomic E-state index is 0.332. The molecule has 1 N–H and O–H groups in total. The zero-order valence-corrected chi connectivity index (χ0v) is 11.9. The predicted molar refractivity (Wildman–Crippen MR) is 78.6 cm³/mol. The lowest BCUT2D eigenvalue weighted by atomic mass is 10.0. The molecule has 2 aliphatic rings. The molecule has 1 aromatic rings. The first kappa shape index (κ1) is 13.0. The minimum Gasteiger partial charge on any atom is -0.488 e. The van der Waals surface area contributed by atoms with E-state index in [0.717, 1.165) is 24.6 Å². The van der Waals surface area contributed by atoms with Crippen LogP contribution in [0.4, 0.5) is 0 Å². The van der Waals surface area contributed by atoms with Crippen LogP contribution in [-0.4, -0.2) is 18.7 Å². The molecular weight excluding hydrogens is 234 g/mol. The maximum Gasteiger partial charge on any atom is 0.123 e. The van der Waals surface area contributed by atoms with E-state index >= 15 is 0 Å². The molecule has 3 rings (SSSR count). The van der Waals surface area contributed by atoms with Gasteiger partial charge in [-0.2, -0.15) is 0 Å². The smallest absolute Gasteiger partial charge is 0.123 e. The molecule has 0 spiro atoms. The number of hydrogen-bond acceptors (Lipinski definition) is 2. The van der Waals surface area contributed by atoms with Crippen molar-refractivity contribution in [2.24, 2.45) is 5.92 Å². The fraction of sp³-hybridized carbons (Fsp3) is 0.647. The van der Waals surface area contributed by atoms with E-state index in [4.69, 9.17) is 4.74 Å². The summed E-state index contributed by atoms with van der Waals surface area (Å²) in [6, 6.07) is 9.13. The molecule has 0 amide bonds. The number of rotatable bonds is 3. The molecule has 1 aromatic carbocycles. The van der Waals surface area contributed by atoms with Gasteiger partial charge in [0.15, 0.2) is 0 Å². The van der Waals surface area contributed by atoms with Gasteiger partial charge in [0.1, 0.15) is 11.9 Å². The normalized spacial score (nSPS) is 30.5. The third-order valence-corrected chi connectivity index (χ3v) is 4.61. The fourth-order valence-corrected chi connectivity index (χ4v) is 3.36. The molecule has 0 bridgehead atoms. The van der Waals surface area contributed by atoms with Crippen LogP contribution in [0.2, 0.25) is 0 Å². The Balaban J connectivity index is 1.46. The highest BCUT2D eigenvalue weighted by atomic mass is 16.5. The lowest BCUT2D eigenvalue weighted by molar-refractivity contribution is 0.218. The van der Waals surface area contributed by atoms with Gasteiger partial charge < -0.3 is 10.1 Å². The first-order valence-corrected chi connectivity index (χ1v) is 7.79. The van der Waals surface area contributed by atoms with Crippen molar-refractivity contribution in [2.75, 3.05) is 6.54 Å². The number of para-hydroxylation sites is 1. The van der Waals surface area contributed by atoms with Crippen molar-refractivity contribution in [2.45, 2.75) is 57.6 Å². The van der Waals surface area contributed by atoms with Crippen molar-refractivity contribution < 1.29 is 4.74 Å². The number of nitrogens with one attached hydrogen (secondary N) is 1. The Hall–Kier alpha value is -1.02. The Bertz CT molecular complexity index is 392. The van der Waals surface area contributed by atoms with Gasteiger partial charge in [0.2, 0.25) is 0 Å². The summed E-state index contributed by atoms with van der Waals surface area (Å²) in [6.07, 6.45) is 8.23. The first-order valence-electron chi connectivity index (χ1n) is 7.79. The second kappa shape index (κ2) is 5.96. The van der Waals surface area contributed by atoms with E-state index < -0.39 is 0 Å². The van der Waals surface area contributed by atoms with Gasteiger partial charge >= 0.3 is 0 Å². The second-order valence-electron chi connectivity index (χ2n) is 6.27. The molecule has 1 heterocycles. The molecular formula is C17H25NO. The minimum atomic E-state index is 0.332. The molecule has 1 fully saturated rings. The van der Waals surface area contributed by atoms with E-state index in [1.165, 1.54) is 37.7 Å². The van der Waals surface area contributed by atoms with Gasteiger partial charge in [-0.3, -0.25) is 0 Å². The van der Waals surface area contributed by atoms with E-state index in [1.54, 1.807) is 0 Å². The monoisotopic (exact) mass is 259 g/mol. The molecule has 0 saturated heterocycles. The van der Waals surface area contributed by atoms with E-state index in [9.17, 15) is 0 Å². The summed E-state index contributed by atoms with van der Waals surface area (Å²) >= 11 is 0. The SMILES string of the molecule is CC1CCCC(NCC2Cc3ccccc3O2)CC1. The van der Waals surface area contributed by atoms with Crippen LogP contribution >= 0.6 is 0 Å². The molecule has 3 unspecified atom stereocenters. The molecule has 1 saturated carbocycles. The quantitative estimate of drug-likeness (QED) is 0.838. The number of fused-ring (bicyclic) bond motifs is 1. The molecule has 1 aliphatic heterocycles. The molecule has 19 heavy (non-hydrogen) atoms. The summed E-state index contributed by atoms with van der Waals surface area (Å²) in [4.78, 5) is 0. The zero-order valence-electron chi connectivity index (χ0n) is 11.9. The summed E-state index contributed by atoms with van der Waals surface area (Å²) in [7, 11) is 0. The van der Waals surface area contributed by atoms with Crippen LogP contribution in [0.1, 0.15) is 44.6 Å². The summed E-state index contributed by atoms with van der Waals surface area (Å²) in [5.74, 6) is 2.00. The van der Waals surface area contributed by atoms with E-state index in [0.29, 0.717) is 12.1 Å². The maximum atomic E-state index is 5.99. The van der Waals surface area contributed by atoms with Crippen molar-refractivity contribution in [3.63, 3.8) is 0 Å². The second-order valence-corrected chi connectivity index (χ2v) is 6.27. The largest absolute Gasteiger partial charge is 0.488 e. The summed E-state index contributed by atoms with van der Waals surface area (Å²) < 4.78 is 5.99. The average Bonchev–Trinajstić information content (AvgIpc) is 2.72. The third kappa shape index (κ3) is 3.30. The topological polar surface area (TPSA) is 21.3 Å². The highest BCUT2D eigenvalue weighted by Gasteiger charge is 2.23. The van der Waals surface area contributed by atoms with Crippen molar-refractivity contribution >= 4 is 0 Å². The van der Waals surface area contributed by atoms with E-state index in [-0.39, 0.29) is 0 Å². The average molecular weight is 259 g/mol. The van der Waals surface area contributed by atoms with Gasteiger partial charge in [0.25, 0.3) is 0 Å². The molecule has 0 aromatic heterocycles. The van der Waals surface area contributed by atoms with E-state index in [1.807, 2.05) is 0 Å². The van der Waals surface area contributed by atoms with Gasteiger partial charge in [-0.15, -0.1) is 0 Å². The molecule has 104 valence electrons. The van der Waals surface area contributed by atoms with Crippen LogP contribution in [0.5, 0.6) is 5.75 Å². The summed E-state index contributed by atoms with van der Waals surface area (Å²) in [6.45, 7) is 3.38. The first-order chi connectivity index (χ1) is 9.31. The Morgan fingerprint density at radius 2 is 2.05 bits per heavy atom. The van der Waals surface area contributed by atoms with Crippen LogP contribution in [0.3, 0.4) is 0 Å². The lowest BCUT2D eigenvalue weighted by Gasteiger charge is -2.19. The maximum absolute atomic E-state index is 5.99. The van der Waals surface area contributed by atoms with Gasteiger partial charge in [-0.25, -0.2) is 0 Å². The predicted octanol–water partition coefficient (Wildman–Crippen LogP) is 3.55. The van der Waals surface area contributed by atoms with E-state index in [2.05, 4.69) is 36.5 Å². The molecule has 0 radical (unpaired) electrons. The van der Waals surface area contributed by atoms with Gasteiger partial charge in [-0.05, 0) is 36.8 Å². The van der Waals surface area contributed by atoms with Gasteiger partial charge in [0.05, 0.1) is 0 Å². The zero-order chi connectivity index (χ0) is 13.1. The van der Waals surface area contributed by atoms with Crippen LogP contribution in [0.15, 0.2) is 24.3 Å². The van der Waals surface area contributed by atoms with Crippen molar-refractivity contribution in [1.29, 1.82) is 0 Å². The van der Waals surface area contributed by atoms with Crippen molar-refractivity contribution in [1.82, 2.24) is 5.32 Å². The Kier molecular flexibility index (Phi) is 4.07. The highest BCUT2D eigenvalue weighted by Crippen LogP contribution is 2.28. The Labute approximate surface area is 116 Å². The third-order valence-electron chi connectivity index (χ3n) is 4.61.